The van der Waals surface area contributed by atoms with E-state index < -0.39 is 25.1 Å². The Labute approximate surface area is 178 Å². The van der Waals surface area contributed by atoms with E-state index in [1.54, 1.807) is 44.2 Å². The molecule has 2 aromatic rings. The Morgan fingerprint density at radius 2 is 1.80 bits per heavy atom. The van der Waals surface area contributed by atoms with Gasteiger partial charge in [-0.25, -0.2) is 16.8 Å². The van der Waals surface area contributed by atoms with E-state index in [4.69, 9.17) is 0 Å². The van der Waals surface area contributed by atoms with Gasteiger partial charge in [0.15, 0.2) is 9.84 Å². The van der Waals surface area contributed by atoms with Crippen molar-refractivity contribution in [2.45, 2.75) is 43.8 Å². The van der Waals surface area contributed by atoms with Gasteiger partial charge in [0, 0.05) is 12.2 Å². The first-order chi connectivity index (χ1) is 14.0. The van der Waals surface area contributed by atoms with Gasteiger partial charge in [0.25, 0.3) is 0 Å². The van der Waals surface area contributed by atoms with Gasteiger partial charge in [-0.05, 0) is 62.6 Å². The van der Waals surface area contributed by atoms with Gasteiger partial charge in [0.1, 0.15) is 0 Å². The van der Waals surface area contributed by atoms with Crippen LogP contribution in [0.3, 0.4) is 0 Å². The van der Waals surface area contributed by atoms with Gasteiger partial charge < -0.3 is 5.32 Å². The van der Waals surface area contributed by atoms with Crippen LogP contribution in [0, 0.1) is 6.92 Å². The standard InChI is InChI=1S/C21H26N2O5S2/c1-15(2)30(27,28)19-9-6-17(7-10-19)13-21(24)22-20-14-18(8-5-16(20)3)23-11-4-12-29(23,25)26/h5-10,14-15H,4,11-13H2,1-3H3,(H,22,24). The van der Waals surface area contributed by atoms with E-state index in [0.29, 0.717) is 29.9 Å². The molecule has 0 atom stereocenters. The lowest BCUT2D eigenvalue weighted by Crippen LogP contribution is -2.25. The van der Waals surface area contributed by atoms with Gasteiger partial charge in [-0.2, -0.15) is 0 Å². The number of rotatable bonds is 6. The number of hydrogen-bond donors (Lipinski definition) is 1. The minimum atomic E-state index is -3.35. The van der Waals surface area contributed by atoms with Crippen LogP contribution < -0.4 is 9.62 Å². The molecule has 30 heavy (non-hydrogen) atoms. The van der Waals surface area contributed by atoms with Crippen LogP contribution in [-0.4, -0.2) is 40.3 Å². The average Bonchev–Trinajstić information content (AvgIpc) is 3.03. The summed E-state index contributed by atoms with van der Waals surface area (Å²) in [4.78, 5) is 12.8. The lowest BCUT2D eigenvalue weighted by atomic mass is 10.1. The van der Waals surface area contributed by atoms with Crippen LogP contribution in [-0.2, 0) is 31.1 Å². The predicted molar refractivity (Wildman–Crippen MR) is 118 cm³/mol. The van der Waals surface area contributed by atoms with Gasteiger partial charge in [-0.15, -0.1) is 0 Å². The second-order valence-electron chi connectivity index (χ2n) is 7.70. The largest absolute Gasteiger partial charge is 0.325 e. The minimum Gasteiger partial charge on any atom is -0.325 e. The summed E-state index contributed by atoms with van der Waals surface area (Å²) in [5, 5.41) is 2.32. The number of sulfonamides is 1. The normalized spacial score (nSPS) is 16.1. The van der Waals surface area contributed by atoms with Crippen molar-refractivity contribution >= 4 is 37.1 Å². The maximum atomic E-state index is 12.5. The van der Waals surface area contributed by atoms with Crippen molar-refractivity contribution in [1.29, 1.82) is 0 Å². The molecule has 0 saturated carbocycles. The zero-order chi connectivity index (χ0) is 22.1. The number of amides is 1. The van der Waals surface area contributed by atoms with Gasteiger partial charge in [0.2, 0.25) is 15.9 Å². The molecule has 0 unspecified atom stereocenters. The summed E-state index contributed by atoms with van der Waals surface area (Å²) < 4.78 is 50.1. The molecule has 1 saturated heterocycles. The highest BCUT2D eigenvalue weighted by atomic mass is 32.2. The number of carbonyl (C=O) groups is 1. The van der Waals surface area contributed by atoms with Crippen molar-refractivity contribution in [2.75, 3.05) is 21.9 Å². The highest BCUT2D eigenvalue weighted by Crippen LogP contribution is 2.28. The van der Waals surface area contributed by atoms with Crippen LogP contribution in [0.4, 0.5) is 11.4 Å². The summed E-state index contributed by atoms with van der Waals surface area (Å²) >= 11 is 0. The fourth-order valence-electron chi connectivity index (χ4n) is 3.28. The SMILES string of the molecule is Cc1ccc(N2CCCS2(=O)=O)cc1NC(=O)Cc1ccc(S(=O)(=O)C(C)C)cc1. The molecule has 1 fully saturated rings. The summed E-state index contributed by atoms with van der Waals surface area (Å²) in [6, 6.07) is 11.5. The number of hydrogen-bond acceptors (Lipinski definition) is 5. The Morgan fingerprint density at radius 1 is 1.13 bits per heavy atom. The maximum absolute atomic E-state index is 12.5. The van der Waals surface area contributed by atoms with E-state index in [1.165, 1.54) is 16.4 Å². The summed E-state index contributed by atoms with van der Waals surface area (Å²) in [5.74, 6) is -0.135. The quantitative estimate of drug-likeness (QED) is 0.729. The third kappa shape index (κ3) is 4.67. The Balaban J connectivity index is 1.73. The first-order valence-electron chi connectivity index (χ1n) is 9.74. The van der Waals surface area contributed by atoms with Gasteiger partial charge in [-0.3, -0.25) is 9.10 Å². The Bertz CT molecular complexity index is 1150. The Hall–Kier alpha value is -2.39. The van der Waals surface area contributed by atoms with E-state index in [0.717, 1.165) is 5.56 Å². The molecule has 0 spiro atoms. The molecule has 1 amide bonds. The Morgan fingerprint density at radius 3 is 2.37 bits per heavy atom. The van der Waals surface area contributed by atoms with Crippen LogP contribution in [0.1, 0.15) is 31.4 Å². The maximum Gasteiger partial charge on any atom is 0.235 e. The van der Waals surface area contributed by atoms with E-state index in [9.17, 15) is 21.6 Å². The lowest BCUT2D eigenvalue weighted by molar-refractivity contribution is -0.115. The number of carbonyl (C=O) groups excluding carboxylic acids is 1. The van der Waals surface area contributed by atoms with Gasteiger partial charge in [0.05, 0.1) is 28.0 Å². The molecule has 7 nitrogen and oxygen atoms in total. The number of nitrogens with one attached hydrogen (secondary N) is 1. The van der Waals surface area contributed by atoms with Crippen molar-refractivity contribution in [1.82, 2.24) is 0 Å². The average molecular weight is 451 g/mol. The number of sulfone groups is 1. The third-order valence-corrected chi connectivity index (χ3v) is 9.16. The van der Waals surface area contributed by atoms with Crippen molar-refractivity contribution in [2.24, 2.45) is 0 Å². The zero-order valence-corrected chi connectivity index (χ0v) is 18.9. The van der Waals surface area contributed by atoms with Gasteiger partial charge in [-0.1, -0.05) is 18.2 Å². The van der Waals surface area contributed by atoms with Crippen LogP contribution >= 0.6 is 0 Å². The van der Waals surface area contributed by atoms with E-state index >= 15 is 0 Å². The molecule has 1 aliphatic rings. The summed E-state index contributed by atoms with van der Waals surface area (Å²) in [5.41, 5.74) is 2.60. The molecule has 0 radical (unpaired) electrons. The first kappa shape index (κ1) is 22.3. The third-order valence-electron chi connectivity index (χ3n) is 5.12. The monoisotopic (exact) mass is 450 g/mol. The molecule has 162 valence electrons. The molecule has 2 aromatic carbocycles. The van der Waals surface area contributed by atoms with Crippen LogP contribution in [0.25, 0.3) is 0 Å². The Kier molecular flexibility index (Phi) is 6.24. The van der Waals surface area contributed by atoms with E-state index in [1.807, 2.05) is 6.92 Å². The van der Waals surface area contributed by atoms with Crippen molar-refractivity contribution < 1.29 is 21.6 Å². The van der Waals surface area contributed by atoms with Crippen molar-refractivity contribution in [3.05, 3.63) is 53.6 Å². The highest BCUT2D eigenvalue weighted by Gasteiger charge is 2.28. The van der Waals surface area contributed by atoms with Crippen molar-refractivity contribution in [3.63, 3.8) is 0 Å². The van der Waals surface area contributed by atoms with E-state index in [2.05, 4.69) is 5.32 Å². The fraction of sp³-hybridized carbons (Fsp3) is 0.381. The van der Waals surface area contributed by atoms with Crippen LogP contribution in [0.2, 0.25) is 0 Å². The topological polar surface area (TPSA) is 101 Å². The molecule has 0 aliphatic carbocycles. The predicted octanol–water partition coefficient (Wildman–Crippen LogP) is 2.90. The number of nitrogens with zero attached hydrogens (tertiary/aromatic N) is 1. The van der Waals surface area contributed by atoms with Crippen LogP contribution in [0.15, 0.2) is 47.4 Å². The van der Waals surface area contributed by atoms with Gasteiger partial charge >= 0.3 is 0 Å². The number of benzene rings is 2. The number of aryl methyl sites for hydroxylation is 1. The highest BCUT2D eigenvalue weighted by molar-refractivity contribution is 7.93. The molecule has 0 bridgehead atoms. The molecule has 1 aliphatic heterocycles. The molecule has 9 heteroatoms. The summed E-state index contributed by atoms with van der Waals surface area (Å²) in [6.07, 6.45) is 0.661. The number of anilines is 2. The molecular weight excluding hydrogens is 424 g/mol. The fourth-order valence-corrected chi connectivity index (χ4v) is 5.89. The molecule has 0 aromatic heterocycles. The first-order valence-corrected chi connectivity index (χ1v) is 12.9. The minimum absolute atomic E-state index is 0.0771. The van der Waals surface area contributed by atoms with Crippen molar-refractivity contribution in [3.8, 4) is 0 Å². The smallest absolute Gasteiger partial charge is 0.235 e. The summed E-state index contributed by atoms with van der Waals surface area (Å²) in [6.45, 7) is 5.52. The second kappa shape index (κ2) is 8.39. The lowest BCUT2D eigenvalue weighted by Gasteiger charge is -2.19. The van der Waals surface area contributed by atoms with E-state index in [-0.39, 0.29) is 23.0 Å². The summed E-state index contributed by atoms with van der Waals surface area (Å²) in [7, 11) is -6.65. The second-order valence-corrected chi connectivity index (χ2v) is 12.2. The molecule has 1 heterocycles. The molecular formula is C21H26N2O5S2. The zero-order valence-electron chi connectivity index (χ0n) is 17.3. The molecule has 3 rings (SSSR count). The van der Waals surface area contributed by atoms with Crippen LogP contribution in [0.5, 0.6) is 0 Å². The molecule has 1 N–H and O–H groups in total.